The van der Waals surface area contributed by atoms with E-state index in [9.17, 15) is 9.59 Å². The van der Waals surface area contributed by atoms with Crippen molar-refractivity contribution in [2.75, 3.05) is 0 Å². The Labute approximate surface area is 119 Å². The minimum absolute atomic E-state index is 0.295. The van der Waals surface area contributed by atoms with Gasteiger partial charge in [-0.15, -0.1) is 0 Å². The molecule has 0 saturated heterocycles. The van der Waals surface area contributed by atoms with E-state index >= 15 is 0 Å². The number of rotatable bonds is 3. The standard InChI is InChI=1S/C13H15BrN2O3/c14-11-7-3-6-10(15-11)12(17)16-9-5-2-1-4-8(9)13(18)19/h3,6-9H,1-2,4-5H2,(H,16,17)(H,18,19). The second-order valence-electron chi connectivity index (χ2n) is 4.65. The molecule has 0 aromatic carbocycles. The van der Waals surface area contributed by atoms with Gasteiger partial charge in [-0.2, -0.15) is 0 Å². The van der Waals surface area contributed by atoms with E-state index in [0.717, 1.165) is 12.8 Å². The van der Waals surface area contributed by atoms with Crippen LogP contribution in [0.4, 0.5) is 0 Å². The summed E-state index contributed by atoms with van der Waals surface area (Å²) in [6.45, 7) is 0. The van der Waals surface area contributed by atoms with Crippen LogP contribution >= 0.6 is 15.9 Å². The summed E-state index contributed by atoms with van der Waals surface area (Å²) in [5.41, 5.74) is 0.295. The van der Waals surface area contributed by atoms with Gasteiger partial charge in [-0.1, -0.05) is 18.9 Å². The summed E-state index contributed by atoms with van der Waals surface area (Å²) in [7, 11) is 0. The van der Waals surface area contributed by atoms with Crippen molar-refractivity contribution in [2.45, 2.75) is 31.7 Å². The fourth-order valence-electron chi connectivity index (χ4n) is 2.38. The first-order chi connectivity index (χ1) is 9.08. The molecule has 2 rings (SSSR count). The average molecular weight is 327 g/mol. The highest BCUT2D eigenvalue weighted by Crippen LogP contribution is 2.24. The first kappa shape index (κ1) is 14.0. The van der Waals surface area contributed by atoms with Crippen molar-refractivity contribution in [3.05, 3.63) is 28.5 Å². The third-order valence-electron chi connectivity index (χ3n) is 3.35. The number of nitrogens with one attached hydrogen (secondary N) is 1. The molecule has 0 radical (unpaired) electrons. The second kappa shape index (κ2) is 6.14. The molecule has 1 fully saturated rings. The van der Waals surface area contributed by atoms with Crippen LogP contribution in [0.5, 0.6) is 0 Å². The van der Waals surface area contributed by atoms with Crippen molar-refractivity contribution in [3.63, 3.8) is 0 Å². The molecule has 1 aliphatic rings. The van der Waals surface area contributed by atoms with E-state index in [-0.39, 0.29) is 11.9 Å². The van der Waals surface area contributed by atoms with Gasteiger partial charge in [0.1, 0.15) is 10.3 Å². The Kier molecular flexibility index (Phi) is 4.52. The largest absolute Gasteiger partial charge is 0.481 e. The molecule has 2 N–H and O–H groups in total. The van der Waals surface area contributed by atoms with Crippen LogP contribution in [0.25, 0.3) is 0 Å². The molecule has 1 aliphatic carbocycles. The number of hydrogen-bond acceptors (Lipinski definition) is 3. The lowest BCUT2D eigenvalue weighted by Gasteiger charge is -2.29. The van der Waals surface area contributed by atoms with E-state index in [0.29, 0.717) is 23.1 Å². The van der Waals surface area contributed by atoms with Gasteiger partial charge >= 0.3 is 5.97 Å². The fourth-order valence-corrected chi connectivity index (χ4v) is 2.72. The molecule has 1 aromatic rings. The molecule has 1 aromatic heterocycles. The molecule has 1 amide bonds. The second-order valence-corrected chi connectivity index (χ2v) is 5.47. The Morgan fingerprint density at radius 3 is 2.74 bits per heavy atom. The van der Waals surface area contributed by atoms with Gasteiger partial charge in [-0.3, -0.25) is 9.59 Å². The van der Waals surface area contributed by atoms with Crippen LogP contribution in [0.15, 0.2) is 22.8 Å². The number of halogens is 1. The minimum atomic E-state index is -0.841. The van der Waals surface area contributed by atoms with Gasteiger partial charge in [-0.05, 0) is 40.9 Å². The maximum Gasteiger partial charge on any atom is 0.308 e. The molecule has 1 heterocycles. The summed E-state index contributed by atoms with van der Waals surface area (Å²) in [5, 5.41) is 12.0. The van der Waals surface area contributed by atoms with Crippen LogP contribution in [-0.4, -0.2) is 28.0 Å². The summed E-state index contributed by atoms with van der Waals surface area (Å²) < 4.78 is 0.582. The van der Waals surface area contributed by atoms with Crippen LogP contribution in [0.2, 0.25) is 0 Å². The molecular formula is C13H15BrN2O3. The highest BCUT2D eigenvalue weighted by Gasteiger charge is 2.32. The monoisotopic (exact) mass is 326 g/mol. The van der Waals surface area contributed by atoms with Crippen LogP contribution < -0.4 is 5.32 Å². The molecule has 1 saturated carbocycles. The first-order valence-corrected chi connectivity index (χ1v) is 7.03. The summed E-state index contributed by atoms with van der Waals surface area (Å²) >= 11 is 3.21. The van der Waals surface area contributed by atoms with Crippen molar-refractivity contribution in [2.24, 2.45) is 5.92 Å². The molecular weight excluding hydrogens is 312 g/mol. The third-order valence-corrected chi connectivity index (χ3v) is 3.79. The van der Waals surface area contributed by atoms with Gasteiger partial charge in [0.25, 0.3) is 5.91 Å². The number of carbonyl (C=O) groups excluding carboxylic acids is 1. The number of amides is 1. The smallest absolute Gasteiger partial charge is 0.308 e. The lowest BCUT2D eigenvalue weighted by atomic mass is 9.84. The zero-order valence-corrected chi connectivity index (χ0v) is 11.9. The van der Waals surface area contributed by atoms with Crippen molar-refractivity contribution in [3.8, 4) is 0 Å². The van der Waals surface area contributed by atoms with Crippen LogP contribution in [0.3, 0.4) is 0 Å². The highest BCUT2D eigenvalue weighted by atomic mass is 79.9. The maximum atomic E-state index is 12.0. The number of hydrogen-bond donors (Lipinski definition) is 2. The number of pyridine rings is 1. The van der Waals surface area contributed by atoms with Crippen molar-refractivity contribution in [1.29, 1.82) is 0 Å². The molecule has 0 aliphatic heterocycles. The van der Waals surface area contributed by atoms with Crippen molar-refractivity contribution >= 4 is 27.8 Å². The number of nitrogens with zero attached hydrogens (tertiary/aromatic N) is 1. The topological polar surface area (TPSA) is 79.3 Å². The van der Waals surface area contributed by atoms with Crippen LogP contribution in [-0.2, 0) is 4.79 Å². The number of aliphatic carboxylic acids is 1. The molecule has 19 heavy (non-hydrogen) atoms. The summed E-state index contributed by atoms with van der Waals surface area (Å²) in [5.74, 6) is -1.66. The Morgan fingerprint density at radius 2 is 2.05 bits per heavy atom. The van der Waals surface area contributed by atoms with Gasteiger partial charge < -0.3 is 10.4 Å². The van der Waals surface area contributed by atoms with E-state index in [1.807, 2.05) is 0 Å². The van der Waals surface area contributed by atoms with E-state index in [1.54, 1.807) is 18.2 Å². The fraction of sp³-hybridized carbons (Fsp3) is 0.462. The zero-order chi connectivity index (χ0) is 13.8. The molecule has 6 heteroatoms. The predicted octanol–water partition coefficient (Wildman–Crippen LogP) is 2.22. The Balaban J connectivity index is 2.07. The normalized spacial score (nSPS) is 22.8. The number of carboxylic acid groups (broad SMARTS) is 1. The molecule has 2 unspecified atom stereocenters. The van der Waals surface area contributed by atoms with Gasteiger partial charge in [0, 0.05) is 6.04 Å². The molecule has 102 valence electrons. The molecule has 2 atom stereocenters. The van der Waals surface area contributed by atoms with Gasteiger partial charge in [0.05, 0.1) is 5.92 Å². The average Bonchev–Trinajstić information content (AvgIpc) is 2.39. The first-order valence-electron chi connectivity index (χ1n) is 6.24. The summed E-state index contributed by atoms with van der Waals surface area (Å²) in [6.07, 6.45) is 3.17. The van der Waals surface area contributed by atoms with E-state index in [1.165, 1.54) is 0 Å². The highest BCUT2D eigenvalue weighted by molar-refractivity contribution is 9.10. The summed E-state index contributed by atoms with van der Waals surface area (Å²) in [4.78, 5) is 27.3. The SMILES string of the molecule is O=C(NC1CCCCC1C(=O)O)c1cccc(Br)n1. The van der Waals surface area contributed by atoms with E-state index in [4.69, 9.17) is 5.11 Å². The number of carboxylic acids is 1. The van der Waals surface area contributed by atoms with Gasteiger partial charge in [-0.25, -0.2) is 4.98 Å². The lowest BCUT2D eigenvalue weighted by Crippen LogP contribution is -2.45. The Morgan fingerprint density at radius 1 is 1.32 bits per heavy atom. The molecule has 0 spiro atoms. The Hall–Kier alpha value is -1.43. The summed E-state index contributed by atoms with van der Waals surface area (Å²) in [6, 6.07) is 4.76. The van der Waals surface area contributed by atoms with Crippen LogP contribution in [0, 0.1) is 5.92 Å². The molecule has 5 nitrogen and oxygen atoms in total. The van der Waals surface area contributed by atoms with Crippen LogP contribution in [0.1, 0.15) is 36.2 Å². The zero-order valence-electron chi connectivity index (χ0n) is 10.3. The number of carbonyl (C=O) groups is 2. The third kappa shape index (κ3) is 3.53. The predicted molar refractivity (Wildman–Crippen MR) is 72.8 cm³/mol. The van der Waals surface area contributed by atoms with E-state index < -0.39 is 11.9 Å². The van der Waals surface area contributed by atoms with Gasteiger partial charge in [0.15, 0.2) is 0 Å². The van der Waals surface area contributed by atoms with Gasteiger partial charge in [0.2, 0.25) is 0 Å². The van der Waals surface area contributed by atoms with Crippen molar-refractivity contribution < 1.29 is 14.7 Å². The maximum absolute atomic E-state index is 12.0. The Bertz CT molecular complexity index is 493. The lowest BCUT2D eigenvalue weighted by molar-refractivity contribution is -0.143. The minimum Gasteiger partial charge on any atom is -0.481 e. The molecule has 0 bridgehead atoms. The van der Waals surface area contributed by atoms with Crippen molar-refractivity contribution in [1.82, 2.24) is 10.3 Å². The quantitative estimate of drug-likeness (QED) is 0.835. The number of aromatic nitrogens is 1. The van der Waals surface area contributed by atoms with E-state index in [2.05, 4.69) is 26.2 Å².